The van der Waals surface area contributed by atoms with Gasteiger partial charge in [-0.2, -0.15) is 0 Å². The highest BCUT2D eigenvalue weighted by molar-refractivity contribution is 5.70. The van der Waals surface area contributed by atoms with Gasteiger partial charge in [0.25, 0.3) is 0 Å². The van der Waals surface area contributed by atoms with Gasteiger partial charge in [0.15, 0.2) is 0 Å². The molecule has 2 aromatic rings. The predicted molar refractivity (Wildman–Crippen MR) is 95.2 cm³/mol. The lowest BCUT2D eigenvalue weighted by molar-refractivity contribution is 0.0443. The van der Waals surface area contributed by atoms with Crippen LogP contribution in [0.2, 0.25) is 0 Å². The zero-order chi connectivity index (χ0) is 17.3. The molecule has 5 nitrogen and oxygen atoms in total. The van der Waals surface area contributed by atoms with E-state index in [0.29, 0.717) is 6.54 Å². The lowest BCUT2D eigenvalue weighted by Gasteiger charge is -2.25. The second kappa shape index (κ2) is 6.56. The van der Waals surface area contributed by atoms with E-state index in [4.69, 9.17) is 9.15 Å². The molecule has 0 radical (unpaired) electrons. The summed E-state index contributed by atoms with van der Waals surface area (Å²) in [6, 6.07) is 12.6. The topological polar surface area (TPSA) is 54.7 Å². The fourth-order valence-corrected chi connectivity index (χ4v) is 3.83. The standard InChI is InChI=1S/C20H24N2O3/c1-15-6-7-18(24-15)17-5-2-4-16(12-17)13-22-10-3-8-20(9-11-22)14-21-19(23)25-20/h2,4-7,12H,3,8-11,13-14H2,1H3,(H,21,23)/t20-/m0/s1. The number of ether oxygens (including phenoxy) is 1. The first kappa shape index (κ1) is 16.2. The maximum Gasteiger partial charge on any atom is 0.407 e. The van der Waals surface area contributed by atoms with Crippen LogP contribution in [0, 0.1) is 6.92 Å². The molecule has 25 heavy (non-hydrogen) atoms. The number of nitrogens with one attached hydrogen (secondary N) is 1. The number of nitrogens with zero attached hydrogens (tertiary/aromatic N) is 1. The molecular formula is C20H24N2O3. The molecule has 2 fully saturated rings. The summed E-state index contributed by atoms with van der Waals surface area (Å²) in [6.07, 6.45) is 2.61. The van der Waals surface area contributed by atoms with Gasteiger partial charge in [0.1, 0.15) is 17.1 Å². The fraction of sp³-hybridized carbons (Fsp3) is 0.450. The molecule has 4 rings (SSSR count). The van der Waals surface area contributed by atoms with Gasteiger partial charge in [0.05, 0.1) is 6.54 Å². The molecule has 1 aromatic heterocycles. The molecule has 1 atom stereocenters. The monoisotopic (exact) mass is 340 g/mol. The zero-order valence-corrected chi connectivity index (χ0v) is 14.6. The maximum absolute atomic E-state index is 11.4. The number of amides is 1. The van der Waals surface area contributed by atoms with E-state index in [0.717, 1.165) is 56.0 Å². The number of hydrogen-bond donors (Lipinski definition) is 1. The number of rotatable bonds is 3. The summed E-state index contributed by atoms with van der Waals surface area (Å²) in [7, 11) is 0. The third-order valence-electron chi connectivity index (χ3n) is 5.21. The second-order valence-corrected chi connectivity index (χ2v) is 7.17. The summed E-state index contributed by atoms with van der Waals surface area (Å²) in [5.74, 6) is 1.84. The van der Waals surface area contributed by atoms with Gasteiger partial charge in [-0.15, -0.1) is 0 Å². The first-order valence-electron chi connectivity index (χ1n) is 8.97. The molecule has 132 valence electrons. The average molecular weight is 340 g/mol. The molecule has 2 saturated heterocycles. The van der Waals surface area contributed by atoms with Crippen molar-refractivity contribution >= 4 is 6.09 Å². The Bertz CT molecular complexity index is 770. The Labute approximate surface area is 148 Å². The molecule has 2 aliphatic rings. The molecule has 1 amide bonds. The van der Waals surface area contributed by atoms with Gasteiger partial charge in [0, 0.05) is 25.1 Å². The van der Waals surface area contributed by atoms with Gasteiger partial charge in [-0.25, -0.2) is 4.79 Å². The minimum absolute atomic E-state index is 0.269. The number of benzene rings is 1. The third-order valence-corrected chi connectivity index (χ3v) is 5.21. The maximum atomic E-state index is 11.4. The summed E-state index contributed by atoms with van der Waals surface area (Å²) in [4.78, 5) is 13.9. The Kier molecular flexibility index (Phi) is 4.25. The first-order chi connectivity index (χ1) is 12.1. The summed E-state index contributed by atoms with van der Waals surface area (Å²) >= 11 is 0. The van der Waals surface area contributed by atoms with Crippen molar-refractivity contribution in [3.05, 3.63) is 47.7 Å². The van der Waals surface area contributed by atoms with Crippen LogP contribution in [-0.4, -0.2) is 36.2 Å². The summed E-state index contributed by atoms with van der Waals surface area (Å²) in [6.45, 7) is 5.49. The highest BCUT2D eigenvalue weighted by Gasteiger charge is 2.41. The van der Waals surface area contributed by atoms with E-state index in [9.17, 15) is 4.79 Å². The lowest BCUT2D eigenvalue weighted by Crippen LogP contribution is -2.34. The Balaban J connectivity index is 1.43. The van der Waals surface area contributed by atoms with Crippen molar-refractivity contribution in [2.75, 3.05) is 19.6 Å². The van der Waals surface area contributed by atoms with Gasteiger partial charge in [-0.3, -0.25) is 4.90 Å². The minimum atomic E-state index is -0.292. The van der Waals surface area contributed by atoms with Crippen LogP contribution in [0.25, 0.3) is 11.3 Å². The quantitative estimate of drug-likeness (QED) is 0.925. The largest absolute Gasteiger partial charge is 0.461 e. The van der Waals surface area contributed by atoms with Crippen LogP contribution < -0.4 is 5.32 Å². The molecular weight excluding hydrogens is 316 g/mol. The van der Waals surface area contributed by atoms with E-state index in [1.54, 1.807) is 0 Å². The smallest absolute Gasteiger partial charge is 0.407 e. The van der Waals surface area contributed by atoms with Crippen LogP contribution in [0.15, 0.2) is 40.8 Å². The molecule has 1 N–H and O–H groups in total. The number of likely N-dealkylation sites (tertiary alicyclic amines) is 1. The lowest BCUT2D eigenvalue weighted by atomic mass is 9.95. The molecule has 5 heteroatoms. The number of aryl methyl sites for hydroxylation is 1. The number of hydrogen-bond acceptors (Lipinski definition) is 4. The molecule has 2 aliphatic heterocycles. The van der Waals surface area contributed by atoms with Crippen molar-refractivity contribution in [1.29, 1.82) is 0 Å². The predicted octanol–water partition coefficient (Wildman–Crippen LogP) is 3.72. The number of carbonyl (C=O) groups excluding carboxylic acids is 1. The SMILES string of the molecule is Cc1ccc(-c2cccc(CN3CCC[C@]4(CC3)CNC(=O)O4)c2)o1. The highest BCUT2D eigenvalue weighted by Crippen LogP contribution is 2.30. The highest BCUT2D eigenvalue weighted by atomic mass is 16.6. The molecule has 1 aromatic carbocycles. The van der Waals surface area contributed by atoms with Crippen molar-refractivity contribution in [3.63, 3.8) is 0 Å². The van der Waals surface area contributed by atoms with Crippen molar-refractivity contribution in [1.82, 2.24) is 10.2 Å². The fourth-order valence-electron chi connectivity index (χ4n) is 3.83. The van der Waals surface area contributed by atoms with Gasteiger partial charge in [0.2, 0.25) is 0 Å². The first-order valence-corrected chi connectivity index (χ1v) is 8.97. The normalized spacial score (nSPS) is 24.1. The molecule has 3 heterocycles. The van der Waals surface area contributed by atoms with E-state index in [1.807, 2.05) is 19.1 Å². The minimum Gasteiger partial charge on any atom is -0.461 e. The molecule has 1 spiro atoms. The van der Waals surface area contributed by atoms with Crippen molar-refractivity contribution in [2.45, 2.75) is 38.3 Å². The van der Waals surface area contributed by atoms with Crippen LogP contribution in [0.5, 0.6) is 0 Å². The average Bonchev–Trinajstić information content (AvgIpc) is 3.13. The van der Waals surface area contributed by atoms with Crippen molar-refractivity contribution in [3.8, 4) is 11.3 Å². The van der Waals surface area contributed by atoms with Crippen LogP contribution in [-0.2, 0) is 11.3 Å². The molecule has 0 aliphatic carbocycles. The Morgan fingerprint density at radius 1 is 1.20 bits per heavy atom. The van der Waals surface area contributed by atoms with Crippen LogP contribution >= 0.6 is 0 Å². The molecule has 0 unspecified atom stereocenters. The number of furan rings is 1. The van der Waals surface area contributed by atoms with Crippen LogP contribution in [0.1, 0.15) is 30.6 Å². The summed E-state index contributed by atoms with van der Waals surface area (Å²) in [5, 5.41) is 2.81. The Hall–Kier alpha value is -2.27. The van der Waals surface area contributed by atoms with E-state index in [1.165, 1.54) is 5.56 Å². The van der Waals surface area contributed by atoms with E-state index in [2.05, 4.69) is 34.5 Å². The number of alkyl carbamates (subject to hydrolysis) is 1. The van der Waals surface area contributed by atoms with Gasteiger partial charge < -0.3 is 14.5 Å². The van der Waals surface area contributed by atoms with Gasteiger partial charge in [-0.1, -0.05) is 18.2 Å². The van der Waals surface area contributed by atoms with E-state index < -0.39 is 0 Å². The van der Waals surface area contributed by atoms with Crippen molar-refractivity contribution in [2.24, 2.45) is 0 Å². The van der Waals surface area contributed by atoms with E-state index >= 15 is 0 Å². The Morgan fingerprint density at radius 2 is 2.12 bits per heavy atom. The van der Waals surface area contributed by atoms with E-state index in [-0.39, 0.29) is 11.7 Å². The van der Waals surface area contributed by atoms with Crippen LogP contribution in [0.4, 0.5) is 4.79 Å². The van der Waals surface area contributed by atoms with Crippen molar-refractivity contribution < 1.29 is 13.9 Å². The molecule has 0 bridgehead atoms. The van der Waals surface area contributed by atoms with Gasteiger partial charge in [-0.05, 0) is 50.1 Å². The molecule has 0 saturated carbocycles. The zero-order valence-electron chi connectivity index (χ0n) is 14.6. The van der Waals surface area contributed by atoms with Crippen LogP contribution in [0.3, 0.4) is 0 Å². The Morgan fingerprint density at radius 3 is 2.88 bits per heavy atom. The second-order valence-electron chi connectivity index (χ2n) is 7.17. The summed E-state index contributed by atoms with van der Waals surface area (Å²) in [5.41, 5.74) is 2.11. The number of carbonyl (C=O) groups is 1. The summed E-state index contributed by atoms with van der Waals surface area (Å²) < 4.78 is 11.3. The van der Waals surface area contributed by atoms with Gasteiger partial charge >= 0.3 is 6.09 Å². The third kappa shape index (κ3) is 3.56.